The highest BCUT2D eigenvalue weighted by molar-refractivity contribution is 6.30. The van der Waals surface area contributed by atoms with Gasteiger partial charge in [0.05, 0.1) is 5.92 Å². The molecule has 0 aliphatic carbocycles. The monoisotopic (exact) mass is 307 g/mol. The molecule has 1 amide bonds. The van der Waals surface area contributed by atoms with Gasteiger partial charge in [-0.05, 0) is 24.6 Å². The van der Waals surface area contributed by atoms with Gasteiger partial charge in [-0.1, -0.05) is 30.3 Å². The van der Waals surface area contributed by atoms with Crippen LogP contribution in [0, 0.1) is 0 Å². The minimum Gasteiger partial charge on any atom is -0.373 e. The second kappa shape index (κ2) is 6.96. The number of carbonyl (C=O) groups is 1. The van der Waals surface area contributed by atoms with Crippen molar-refractivity contribution in [3.8, 4) is 0 Å². The Morgan fingerprint density at radius 3 is 2.33 bits per heavy atom. The number of hydrogen-bond donors (Lipinski definition) is 1. The van der Waals surface area contributed by atoms with Crippen molar-refractivity contribution in [2.75, 3.05) is 32.7 Å². The molecule has 1 saturated heterocycles. The molecule has 0 saturated carbocycles. The van der Waals surface area contributed by atoms with E-state index in [1.807, 2.05) is 19.1 Å². The zero-order valence-corrected chi connectivity index (χ0v) is 13.1. The number of carbonyl (C=O) groups excluding carboxylic acids is 1. The molecule has 5 heteroatoms. The number of halogens is 1. The number of allylic oxidation sites excluding steroid dienone is 1. The standard InChI is InChI=1S/C16H22ClN3O/c1-12(2)20-9-7-19(8-10-20)11-15(16(18)21)13-3-5-14(17)6-4-13/h3-6,15H,1,7-11H2,2H3,(H2,18,21)/t15-/m1/s1. The Morgan fingerprint density at radius 2 is 1.86 bits per heavy atom. The topological polar surface area (TPSA) is 49.6 Å². The maximum atomic E-state index is 11.8. The predicted octanol–water partition coefficient (Wildman–Crippen LogP) is 2.06. The Kier molecular flexibility index (Phi) is 5.26. The molecule has 0 bridgehead atoms. The van der Waals surface area contributed by atoms with E-state index in [9.17, 15) is 4.79 Å². The lowest BCUT2D eigenvalue weighted by Crippen LogP contribution is -2.47. The molecule has 114 valence electrons. The van der Waals surface area contributed by atoms with Gasteiger partial charge in [0.2, 0.25) is 5.91 Å². The van der Waals surface area contributed by atoms with Crippen LogP contribution in [0.25, 0.3) is 0 Å². The van der Waals surface area contributed by atoms with E-state index in [2.05, 4.69) is 16.4 Å². The third-order valence-corrected chi connectivity index (χ3v) is 4.22. The fraction of sp³-hybridized carbons (Fsp3) is 0.438. The molecule has 1 aromatic carbocycles. The van der Waals surface area contributed by atoms with Crippen LogP contribution in [-0.2, 0) is 4.79 Å². The van der Waals surface area contributed by atoms with Crippen LogP contribution in [0.2, 0.25) is 5.02 Å². The van der Waals surface area contributed by atoms with Crippen molar-refractivity contribution in [2.45, 2.75) is 12.8 Å². The van der Waals surface area contributed by atoms with Crippen LogP contribution in [-0.4, -0.2) is 48.4 Å². The molecule has 2 N–H and O–H groups in total. The minimum atomic E-state index is -0.293. The summed E-state index contributed by atoms with van der Waals surface area (Å²) in [5.74, 6) is -0.585. The summed E-state index contributed by atoms with van der Waals surface area (Å²) in [5, 5.41) is 0.664. The SMILES string of the molecule is C=C(C)N1CCN(C[C@@H](C(N)=O)c2ccc(Cl)cc2)CC1. The molecule has 1 aliphatic heterocycles. The van der Waals surface area contributed by atoms with E-state index >= 15 is 0 Å². The summed E-state index contributed by atoms with van der Waals surface area (Å²) in [7, 11) is 0. The molecule has 1 aliphatic rings. The van der Waals surface area contributed by atoms with Gasteiger partial charge in [-0.3, -0.25) is 9.69 Å². The van der Waals surface area contributed by atoms with Crippen LogP contribution in [0.4, 0.5) is 0 Å². The summed E-state index contributed by atoms with van der Waals surface area (Å²) >= 11 is 5.89. The molecule has 0 unspecified atom stereocenters. The summed E-state index contributed by atoms with van der Waals surface area (Å²) in [6.45, 7) is 10.4. The highest BCUT2D eigenvalue weighted by atomic mass is 35.5. The van der Waals surface area contributed by atoms with Gasteiger partial charge in [0.1, 0.15) is 0 Å². The Labute approximate surface area is 131 Å². The van der Waals surface area contributed by atoms with E-state index in [4.69, 9.17) is 17.3 Å². The quantitative estimate of drug-likeness (QED) is 0.906. The number of nitrogens with two attached hydrogens (primary N) is 1. The summed E-state index contributed by atoms with van der Waals surface area (Å²) in [6.07, 6.45) is 0. The van der Waals surface area contributed by atoms with Crippen LogP contribution in [0.15, 0.2) is 36.5 Å². The first-order chi connectivity index (χ1) is 9.97. The fourth-order valence-electron chi connectivity index (χ4n) is 2.63. The zero-order chi connectivity index (χ0) is 15.4. The third kappa shape index (κ3) is 4.22. The molecule has 1 fully saturated rings. The van der Waals surface area contributed by atoms with Gasteiger partial charge in [-0.15, -0.1) is 0 Å². The second-order valence-corrected chi connectivity index (χ2v) is 5.97. The summed E-state index contributed by atoms with van der Waals surface area (Å²) < 4.78 is 0. The van der Waals surface area contributed by atoms with Crippen LogP contribution in [0.3, 0.4) is 0 Å². The van der Waals surface area contributed by atoms with Crippen molar-refractivity contribution >= 4 is 17.5 Å². The lowest BCUT2D eigenvalue weighted by atomic mass is 9.97. The molecular formula is C16H22ClN3O. The molecule has 0 aromatic heterocycles. The lowest BCUT2D eigenvalue weighted by molar-refractivity contribution is -0.120. The molecule has 1 atom stereocenters. The van der Waals surface area contributed by atoms with Gasteiger partial charge in [-0.25, -0.2) is 0 Å². The van der Waals surface area contributed by atoms with Crippen LogP contribution in [0.1, 0.15) is 18.4 Å². The molecule has 1 heterocycles. The molecular weight excluding hydrogens is 286 g/mol. The van der Waals surface area contributed by atoms with E-state index in [-0.39, 0.29) is 11.8 Å². The molecule has 1 aromatic rings. The first-order valence-corrected chi connectivity index (χ1v) is 7.53. The van der Waals surface area contributed by atoms with Gasteiger partial charge in [0, 0.05) is 43.4 Å². The van der Waals surface area contributed by atoms with E-state index in [1.54, 1.807) is 12.1 Å². The molecule has 2 rings (SSSR count). The highest BCUT2D eigenvalue weighted by Gasteiger charge is 2.24. The van der Waals surface area contributed by atoms with Crippen LogP contribution >= 0.6 is 11.6 Å². The third-order valence-electron chi connectivity index (χ3n) is 3.97. The van der Waals surface area contributed by atoms with Crippen molar-refractivity contribution in [3.05, 3.63) is 47.1 Å². The first-order valence-electron chi connectivity index (χ1n) is 7.15. The number of benzene rings is 1. The van der Waals surface area contributed by atoms with Crippen LogP contribution < -0.4 is 5.73 Å². The number of hydrogen-bond acceptors (Lipinski definition) is 3. The van der Waals surface area contributed by atoms with Crippen LogP contribution in [0.5, 0.6) is 0 Å². The Hall–Kier alpha value is -1.52. The molecule has 0 radical (unpaired) electrons. The van der Waals surface area contributed by atoms with Crippen molar-refractivity contribution in [1.82, 2.24) is 9.80 Å². The Balaban J connectivity index is 2.00. The average Bonchev–Trinajstić information content (AvgIpc) is 2.46. The maximum Gasteiger partial charge on any atom is 0.226 e. The van der Waals surface area contributed by atoms with Gasteiger partial charge in [0.25, 0.3) is 0 Å². The van der Waals surface area contributed by atoms with E-state index in [1.165, 1.54) is 0 Å². The molecule has 0 spiro atoms. The van der Waals surface area contributed by atoms with E-state index < -0.39 is 0 Å². The van der Waals surface area contributed by atoms with E-state index in [0.29, 0.717) is 11.6 Å². The van der Waals surface area contributed by atoms with Gasteiger partial charge >= 0.3 is 0 Å². The Bertz CT molecular complexity index is 507. The minimum absolute atomic E-state index is 0.292. The number of primary amides is 1. The zero-order valence-electron chi connectivity index (χ0n) is 12.4. The Morgan fingerprint density at radius 1 is 1.29 bits per heavy atom. The highest BCUT2D eigenvalue weighted by Crippen LogP contribution is 2.20. The number of amides is 1. The smallest absolute Gasteiger partial charge is 0.226 e. The maximum absolute atomic E-state index is 11.8. The van der Waals surface area contributed by atoms with Crippen molar-refractivity contribution in [2.24, 2.45) is 5.73 Å². The lowest BCUT2D eigenvalue weighted by Gasteiger charge is -2.37. The van der Waals surface area contributed by atoms with Crippen molar-refractivity contribution in [3.63, 3.8) is 0 Å². The summed E-state index contributed by atoms with van der Waals surface area (Å²) in [6, 6.07) is 7.35. The second-order valence-electron chi connectivity index (χ2n) is 5.53. The summed E-state index contributed by atoms with van der Waals surface area (Å²) in [5.41, 5.74) is 7.60. The van der Waals surface area contributed by atoms with E-state index in [0.717, 1.165) is 37.4 Å². The van der Waals surface area contributed by atoms with Gasteiger partial charge < -0.3 is 10.6 Å². The van der Waals surface area contributed by atoms with Crippen molar-refractivity contribution < 1.29 is 4.79 Å². The number of piperazine rings is 1. The van der Waals surface area contributed by atoms with Crippen molar-refractivity contribution in [1.29, 1.82) is 0 Å². The first kappa shape index (κ1) is 15.9. The van der Waals surface area contributed by atoms with Gasteiger partial charge in [-0.2, -0.15) is 0 Å². The largest absolute Gasteiger partial charge is 0.373 e. The molecule has 4 nitrogen and oxygen atoms in total. The predicted molar refractivity (Wildman–Crippen MR) is 86.2 cm³/mol. The average molecular weight is 308 g/mol. The number of rotatable bonds is 5. The molecule has 21 heavy (non-hydrogen) atoms. The van der Waals surface area contributed by atoms with Gasteiger partial charge in [0.15, 0.2) is 0 Å². The number of nitrogens with zero attached hydrogens (tertiary/aromatic N) is 2. The summed E-state index contributed by atoms with van der Waals surface area (Å²) in [4.78, 5) is 16.3. The normalized spacial score (nSPS) is 17.5. The fourth-order valence-corrected chi connectivity index (χ4v) is 2.75.